The minimum absolute atomic E-state index is 0.0511. The van der Waals surface area contributed by atoms with Crippen LogP contribution in [0.5, 0.6) is 0 Å². The molecule has 6 heteroatoms. The van der Waals surface area contributed by atoms with E-state index in [-0.39, 0.29) is 38.4 Å². The van der Waals surface area contributed by atoms with Crippen molar-refractivity contribution in [3.63, 3.8) is 0 Å². The monoisotopic (exact) mass is 262 g/mol. The third-order valence-electron chi connectivity index (χ3n) is 2.22. The molecule has 0 aliphatic carbocycles. The van der Waals surface area contributed by atoms with Crippen molar-refractivity contribution < 1.29 is 29.3 Å². The molecule has 0 amide bonds. The summed E-state index contributed by atoms with van der Waals surface area (Å²) in [6, 6.07) is 0. The van der Waals surface area contributed by atoms with E-state index < -0.39 is 0 Å². The minimum Gasteiger partial charge on any atom is -0.463 e. The first-order chi connectivity index (χ1) is 8.70. The molecule has 0 aliphatic rings. The van der Waals surface area contributed by atoms with E-state index in [4.69, 9.17) is 19.7 Å². The van der Waals surface area contributed by atoms with Crippen molar-refractivity contribution in [2.45, 2.75) is 38.5 Å². The molecule has 6 nitrogen and oxygen atoms in total. The van der Waals surface area contributed by atoms with Crippen LogP contribution in [-0.2, 0) is 19.1 Å². The van der Waals surface area contributed by atoms with E-state index >= 15 is 0 Å². The van der Waals surface area contributed by atoms with Gasteiger partial charge in [0.25, 0.3) is 0 Å². The van der Waals surface area contributed by atoms with Crippen LogP contribution in [0.4, 0.5) is 0 Å². The number of hydrogen-bond acceptors (Lipinski definition) is 6. The van der Waals surface area contributed by atoms with Gasteiger partial charge in [0.2, 0.25) is 0 Å². The second-order valence-corrected chi connectivity index (χ2v) is 3.80. The fraction of sp³-hybridized carbons (Fsp3) is 0.833. The number of unbranched alkanes of at least 4 members (excludes halogenated alkanes) is 3. The highest BCUT2D eigenvalue weighted by Gasteiger charge is 2.04. The molecule has 106 valence electrons. The van der Waals surface area contributed by atoms with Crippen LogP contribution in [0, 0.1) is 0 Å². The summed E-state index contributed by atoms with van der Waals surface area (Å²) >= 11 is 0. The van der Waals surface area contributed by atoms with Gasteiger partial charge in [-0.1, -0.05) is 12.8 Å². The first-order valence-electron chi connectivity index (χ1n) is 6.23. The maximum Gasteiger partial charge on any atom is 0.305 e. The Kier molecular flexibility index (Phi) is 11.5. The number of aliphatic hydroxyl groups is 2. The van der Waals surface area contributed by atoms with Gasteiger partial charge in [-0.25, -0.2) is 0 Å². The molecule has 0 bridgehead atoms. The molecule has 0 rings (SSSR count). The zero-order valence-corrected chi connectivity index (χ0v) is 10.6. The quantitative estimate of drug-likeness (QED) is 0.413. The van der Waals surface area contributed by atoms with Gasteiger partial charge in [-0.3, -0.25) is 9.59 Å². The lowest BCUT2D eigenvalue weighted by Gasteiger charge is -2.03. The Morgan fingerprint density at radius 3 is 1.44 bits per heavy atom. The second-order valence-electron chi connectivity index (χ2n) is 3.80. The third kappa shape index (κ3) is 11.3. The first kappa shape index (κ1) is 16.9. The lowest BCUT2D eigenvalue weighted by atomic mass is 10.1. The van der Waals surface area contributed by atoms with Crippen LogP contribution in [0.1, 0.15) is 38.5 Å². The largest absolute Gasteiger partial charge is 0.463 e. The van der Waals surface area contributed by atoms with Gasteiger partial charge in [0.15, 0.2) is 0 Å². The van der Waals surface area contributed by atoms with Crippen molar-refractivity contribution >= 4 is 11.9 Å². The summed E-state index contributed by atoms with van der Waals surface area (Å²) in [4.78, 5) is 22.1. The number of carbonyl (C=O) groups is 2. The standard InChI is InChI=1S/C12H22O6/c13-7-9-17-11(15)5-3-1-2-4-6-12(16)18-10-8-14/h13-14H,1-10H2. The van der Waals surface area contributed by atoms with Gasteiger partial charge in [0.1, 0.15) is 13.2 Å². The summed E-state index contributed by atoms with van der Waals surface area (Å²) in [6.45, 7) is -0.200. The molecule has 0 saturated carbocycles. The fourth-order valence-electron chi connectivity index (χ4n) is 1.36. The predicted molar refractivity (Wildman–Crippen MR) is 63.8 cm³/mol. The zero-order chi connectivity index (χ0) is 13.6. The molecule has 0 aromatic heterocycles. The van der Waals surface area contributed by atoms with Crippen LogP contribution >= 0.6 is 0 Å². The number of rotatable bonds is 11. The number of hydrogen-bond donors (Lipinski definition) is 2. The second kappa shape index (κ2) is 12.3. The van der Waals surface area contributed by atoms with Gasteiger partial charge in [-0.05, 0) is 12.8 Å². The van der Waals surface area contributed by atoms with E-state index in [2.05, 4.69) is 0 Å². The van der Waals surface area contributed by atoms with Gasteiger partial charge in [-0.15, -0.1) is 0 Å². The summed E-state index contributed by atoms with van der Waals surface area (Å²) < 4.78 is 9.39. The van der Waals surface area contributed by atoms with Crippen LogP contribution in [0.15, 0.2) is 0 Å². The molecule has 2 N–H and O–H groups in total. The van der Waals surface area contributed by atoms with Gasteiger partial charge >= 0.3 is 11.9 Å². The smallest absolute Gasteiger partial charge is 0.305 e. The average molecular weight is 262 g/mol. The van der Waals surface area contributed by atoms with Crippen LogP contribution in [0.25, 0.3) is 0 Å². The molecule has 0 unspecified atom stereocenters. The van der Waals surface area contributed by atoms with E-state index in [1.54, 1.807) is 0 Å². The molecular formula is C12H22O6. The van der Waals surface area contributed by atoms with Crippen LogP contribution in [-0.4, -0.2) is 48.6 Å². The molecule has 0 spiro atoms. The zero-order valence-electron chi connectivity index (χ0n) is 10.6. The SMILES string of the molecule is O=C(CCCCCCC(=O)OCCO)OCCO. The number of ether oxygens (including phenoxy) is 2. The first-order valence-corrected chi connectivity index (χ1v) is 6.23. The third-order valence-corrected chi connectivity index (χ3v) is 2.22. The summed E-state index contributed by atoms with van der Waals surface area (Å²) in [7, 11) is 0. The Morgan fingerprint density at radius 2 is 1.11 bits per heavy atom. The van der Waals surface area contributed by atoms with E-state index in [9.17, 15) is 9.59 Å². The van der Waals surface area contributed by atoms with Gasteiger partial charge in [0, 0.05) is 12.8 Å². The lowest BCUT2D eigenvalue weighted by Crippen LogP contribution is -2.08. The molecule has 0 aromatic carbocycles. The predicted octanol–water partition coefficient (Wildman–Crippen LogP) is 0.398. The van der Waals surface area contributed by atoms with Crippen molar-refractivity contribution in [2.75, 3.05) is 26.4 Å². The molecular weight excluding hydrogens is 240 g/mol. The summed E-state index contributed by atoms with van der Waals surface area (Å²) in [5, 5.41) is 16.9. The number of aliphatic hydroxyl groups excluding tert-OH is 2. The van der Waals surface area contributed by atoms with Crippen molar-refractivity contribution in [2.24, 2.45) is 0 Å². The average Bonchev–Trinajstić information content (AvgIpc) is 2.37. The molecule has 0 aliphatic heterocycles. The lowest BCUT2D eigenvalue weighted by molar-refractivity contribution is -0.145. The van der Waals surface area contributed by atoms with E-state index in [1.807, 2.05) is 0 Å². The maximum atomic E-state index is 11.0. The Hall–Kier alpha value is -1.14. The normalized spacial score (nSPS) is 10.1. The highest BCUT2D eigenvalue weighted by atomic mass is 16.5. The molecule has 0 atom stereocenters. The summed E-state index contributed by atoms with van der Waals surface area (Å²) in [5.41, 5.74) is 0. The van der Waals surface area contributed by atoms with Crippen molar-refractivity contribution in [3.05, 3.63) is 0 Å². The molecule has 0 saturated heterocycles. The summed E-state index contributed by atoms with van der Waals surface area (Å²) in [5.74, 6) is -0.599. The maximum absolute atomic E-state index is 11.0. The van der Waals surface area contributed by atoms with E-state index in [0.29, 0.717) is 12.8 Å². The summed E-state index contributed by atoms with van der Waals surface area (Å²) in [6.07, 6.45) is 3.82. The molecule has 18 heavy (non-hydrogen) atoms. The Balaban J connectivity index is 3.25. The molecule has 0 aromatic rings. The molecule has 0 heterocycles. The highest BCUT2D eigenvalue weighted by Crippen LogP contribution is 2.06. The topological polar surface area (TPSA) is 93.1 Å². The highest BCUT2D eigenvalue weighted by molar-refractivity contribution is 5.69. The number of esters is 2. The van der Waals surface area contributed by atoms with Crippen molar-refractivity contribution in [1.29, 1.82) is 0 Å². The minimum atomic E-state index is -0.300. The Morgan fingerprint density at radius 1 is 0.722 bits per heavy atom. The van der Waals surface area contributed by atoms with Gasteiger partial charge < -0.3 is 19.7 Å². The van der Waals surface area contributed by atoms with E-state index in [0.717, 1.165) is 25.7 Å². The molecule has 0 fully saturated rings. The van der Waals surface area contributed by atoms with Crippen molar-refractivity contribution in [3.8, 4) is 0 Å². The van der Waals surface area contributed by atoms with Crippen LogP contribution in [0.2, 0.25) is 0 Å². The van der Waals surface area contributed by atoms with Gasteiger partial charge in [0.05, 0.1) is 13.2 Å². The number of carbonyl (C=O) groups excluding carboxylic acids is 2. The molecule has 0 radical (unpaired) electrons. The van der Waals surface area contributed by atoms with Gasteiger partial charge in [-0.2, -0.15) is 0 Å². The van der Waals surface area contributed by atoms with Crippen LogP contribution < -0.4 is 0 Å². The van der Waals surface area contributed by atoms with Crippen molar-refractivity contribution in [1.82, 2.24) is 0 Å². The Labute approximate surface area is 107 Å². The van der Waals surface area contributed by atoms with Crippen LogP contribution in [0.3, 0.4) is 0 Å². The Bertz CT molecular complexity index is 205. The fourth-order valence-corrected chi connectivity index (χ4v) is 1.36. The van der Waals surface area contributed by atoms with E-state index in [1.165, 1.54) is 0 Å².